The summed E-state index contributed by atoms with van der Waals surface area (Å²) in [7, 11) is 0. The molecule has 3 heterocycles. The minimum Gasteiger partial charge on any atom is -0.351 e. The molecule has 5 heteroatoms. The van der Waals surface area contributed by atoms with Gasteiger partial charge in [0.15, 0.2) is 5.69 Å². The Kier molecular flexibility index (Phi) is 3.80. The van der Waals surface area contributed by atoms with Crippen molar-refractivity contribution in [2.24, 2.45) is 0 Å². The smallest absolute Gasteiger partial charge is 0.254 e. The Labute approximate surface area is 180 Å². The van der Waals surface area contributed by atoms with Crippen molar-refractivity contribution >= 4 is 43.3 Å². The highest BCUT2D eigenvalue weighted by Crippen LogP contribution is 2.33. The average molecular weight is 457 g/mol. The number of rotatable bonds is 2. The highest BCUT2D eigenvalue weighted by Gasteiger charge is 2.24. The van der Waals surface area contributed by atoms with Crippen LogP contribution in [0.5, 0.6) is 0 Å². The first-order valence-electron chi connectivity index (χ1n) is 9.67. The Morgan fingerprint density at radius 1 is 0.833 bits per heavy atom. The molecule has 30 heavy (non-hydrogen) atoms. The minimum atomic E-state index is -0.242. The first-order valence-corrected chi connectivity index (χ1v) is 10.5. The maximum absolute atomic E-state index is 13.7. The summed E-state index contributed by atoms with van der Waals surface area (Å²) >= 11 is 3.52. The lowest BCUT2D eigenvalue weighted by Crippen LogP contribution is -2.17. The number of benzene rings is 3. The number of nitrogens with zero attached hydrogens (tertiary/aromatic N) is 2. The second-order valence-electron chi connectivity index (χ2n) is 7.35. The van der Waals surface area contributed by atoms with Gasteiger partial charge in [-0.15, -0.1) is 0 Å². The van der Waals surface area contributed by atoms with Crippen LogP contribution in [0.2, 0.25) is 0 Å². The molecular weight excluding hydrogens is 441 g/mol. The van der Waals surface area contributed by atoms with Crippen LogP contribution >= 0.6 is 15.9 Å². The fourth-order valence-corrected chi connectivity index (χ4v) is 4.46. The molecule has 0 atom stereocenters. The van der Waals surface area contributed by atoms with Crippen molar-refractivity contribution in [2.45, 2.75) is 0 Å². The van der Waals surface area contributed by atoms with Gasteiger partial charge in [-0.05, 0) is 60.7 Å². The van der Waals surface area contributed by atoms with Crippen LogP contribution in [0.3, 0.4) is 0 Å². The predicted molar refractivity (Wildman–Crippen MR) is 121 cm³/mol. The van der Waals surface area contributed by atoms with E-state index in [4.69, 9.17) is 0 Å². The number of halogens is 2. The van der Waals surface area contributed by atoms with Crippen molar-refractivity contribution in [2.75, 3.05) is 0 Å². The average Bonchev–Trinajstić information content (AvgIpc) is 3.33. The van der Waals surface area contributed by atoms with E-state index in [-0.39, 0.29) is 5.82 Å². The summed E-state index contributed by atoms with van der Waals surface area (Å²) in [6.07, 6.45) is 4.16. The van der Waals surface area contributed by atoms with Gasteiger partial charge in [0.2, 0.25) is 5.52 Å². The molecular formula is C25H16BrFN3+. The molecule has 0 spiro atoms. The standard InChI is InChI=1S/C25H16BrFN3/c26-17-7-11-19(12-8-17)30-15-29-14-13-21-20-3-1-2-4-22(20)28-23(21)25(29)24(30)16-5-9-18(27)10-6-16/h1-15,28H/q+1. The second kappa shape index (κ2) is 6.54. The number of imidazole rings is 1. The van der Waals surface area contributed by atoms with Crippen molar-refractivity contribution < 1.29 is 8.79 Å². The van der Waals surface area contributed by atoms with E-state index in [1.54, 1.807) is 0 Å². The molecule has 0 radical (unpaired) electrons. The molecule has 1 N–H and O–H groups in total. The Hall–Kier alpha value is -3.44. The Morgan fingerprint density at radius 2 is 1.60 bits per heavy atom. The fraction of sp³-hybridized carbons (Fsp3) is 0. The molecule has 0 amide bonds. The van der Waals surface area contributed by atoms with Crippen LogP contribution in [0.1, 0.15) is 0 Å². The van der Waals surface area contributed by atoms with Gasteiger partial charge in [-0.25, -0.2) is 4.39 Å². The molecule has 144 valence electrons. The van der Waals surface area contributed by atoms with E-state index < -0.39 is 0 Å². The van der Waals surface area contributed by atoms with Gasteiger partial charge >= 0.3 is 0 Å². The first kappa shape index (κ1) is 17.4. The summed E-state index contributed by atoms with van der Waals surface area (Å²) in [5.41, 5.74) is 6.21. The van der Waals surface area contributed by atoms with Crippen LogP contribution in [-0.4, -0.2) is 9.55 Å². The maximum Gasteiger partial charge on any atom is 0.254 e. The molecule has 0 saturated carbocycles. The zero-order chi connectivity index (χ0) is 20.2. The van der Waals surface area contributed by atoms with E-state index in [0.717, 1.165) is 38.0 Å². The number of H-pyrrole nitrogens is 1. The van der Waals surface area contributed by atoms with Gasteiger partial charge in [-0.2, -0.15) is 8.97 Å². The van der Waals surface area contributed by atoms with Gasteiger partial charge in [0, 0.05) is 26.3 Å². The lowest BCUT2D eigenvalue weighted by molar-refractivity contribution is -0.510. The molecule has 0 saturated heterocycles. The van der Waals surface area contributed by atoms with E-state index in [0.29, 0.717) is 0 Å². The van der Waals surface area contributed by atoms with Gasteiger partial charge in [-0.1, -0.05) is 34.1 Å². The summed E-state index contributed by atoms with van der Waals surface area (Å²) < 4.78 is 19.0. The molecule has 3 nitrogen and oxygen atoms in total. The molecule has 0 aliphatic rings. The number of aromatic nitrogens is 3. The largest absolute Gasteiger partial charge is 0.351 e. The SMILES string of the molecule is Fc1ccc(-c2c3c4[nH]c5ccccc5c4cc[n+]3cn2-c2ccc(Br)cc2)cc1. The molecule has 3 aromatic carbocycles. The first-order chi connectivity index (χ1) is 14.7. The van der Waals surface area contributed by atoms with Crippen molar-refractivity contribution in [3.8, 4) is 16.9 Å². The summed E-state index contributed by atoms with van der Waals surface area (Å²) in [6.45, 7) is 0. The molecule has 0 aliphatic carbocycles. The number of fused-ring (bicyclic) bond motifs is 5. The Morgan fingerprint density at radius 3 is 2.40 bits per heavy atom. The number of para-hydroxylation sites is 1. The molecule has 3 aromatic heterocycles. The van der Waals surface area contributed by atoms with Gasteiger partial charge in [0.1, 0.15) is 11.5 Å². The van der Waals surface area contributed by atoms with E-state index in [1.807, 2.05) is 30.3 Å². The van der Waals surface area contributed by atoms with Crippen molar-refractivity contribution in [1.82, 2.24) is 9.55 Å². The van der Waals surface area contributed by atoms with Gasteiger partial charge in [0.05, 0.1) is 11.7 Å². The van der Waals surface area contributed by atoms with Crippen LogP contribution in [0, 0.1) is 5.82 Å². The summed E-state index contributed by atoms with van der Waals surface area (Å²) in [4.78, 5) is 3.60. The highest BCUT2D eigenvalue weighted by atomic mass is 79.9. The summed E-state index contributed by atoms with van der Waals surface area (Å²) in [5, 5.41) is 2.36. The van der Waals surface area contributed by atoms with E-state index in [1.165, 1.54) is 22.9 Å². The van der Waals surface area contributed by atoms with Crippen LogP contribution < -0.4 is 4.40 Å². The van der Waals surface area contributed by atoms with Gasteiger partial charge in [-0.3, -0.25) is 0 Å². The van der Waals surface area contributed by atoms with Crippen LogP contribution in [0.25, 0.3) is 44.3 Å². The molecule has 0 bridgehead atoms. The maximum atomic E-state index is 13.7. The molecule has 0 unspecified atom stereocenters. The number of aromatic amines is 1. The number of hydrogen-bond acceptors (Lipinski definition) is 0. The third-order valence-electron chi connectivity index (χ3n) is 5.57. The van der Waals surface area contributed by atoms with Crippen molar-refractivity contribution in [3.63, 3.8) is 0 Å². The third-order valence-corrected chi connectivity index (χ3v) is 6.10. The molecule has 0 fully saturated rings. The van der Waals surface area contributed by atoms with E-state index >= 15 is 0 Å². The topological polar surface area (TPSA) is 24.8 Å². The van der Waals surface area contributed by atoms with Crippen molar-refractivity contribution in [1.29, 1.82) is 0 Å². The molecule has 0 aliphatic heterocycles. The Balaban J connectivity index is 1.77. The normalized spacial score (nSPS) is 11.7. The van der Waals surface area contributed by atoms with Gasteiger partial charge in [0.25, 0.3) is 6.33 Å². The summed E-state index contributed by atoms with van der Waals surface area (Å²) in [5.74, 6) is -0.242. The van der Waals surface area contributed by atoms with Crippen LogP contribution in [-0.2, 0) is 0 Å². The predicted octanol–water partition coefficient (Wildman–Crippen LogP) is 6.42. The highest BCUT2D eigenvalue weighted by molar-refractivity contribution is 9.10. The lowest BCUT2D eigenvalue weighted by atomic mass is 10.1. The zero-order valence-corrected chi connectivity index (χ0v) is 17.4. The van der Waals surface area contributed by atoms with E-state index in [9.17, 15) is 4.39 Å². The lowest BCUT2D eigenvalue weighted by Gasteiger charge is -2.03. The Bertz CT molecular complexity index is 1540. The fourth-order valence-electron chi connectivity index (χ4n) is 4.20. The monoisotopic (exact) mass is 456 g/mol. The van der Waals surface area contributed by atoms with Crippen LogP contribution in [0.4, 0.5) is 4.39 Å². The zero-order valence-electron chi connectivity index (χ0n) is 15.8. The third kappa shape index (κ3) is 2.59. The van der Waals surface area contributed by atoms with Crippen molar-refractivity contribution in [3.05, 3.63) is 102 Å². The quantitative estimate of drug-likeness (QED) is 0.291. The number of pyridine rings is 1. The number of nitrogens with one attached hydrogen (secondary N) is 1. The number of hydrogen-bond donors (Lipinski definition) is 1. The molecule has 6 rings (SSSR count). The minimum absolute atomic E-state index is 0.242. The molecule has 6 aromatic rings. The van der Waals surface area contributed by atoms with E-state index in [2.05, 4.69) is 78.8 Å². The van der Waals surface area contributed by atoms with Crippen LogP contribution in [0.15, 0.2) is 95.9 Å². The van der Waals surface area contributed by atoms with Gasteiger partial charge < -0.3 is 4.98 Å². The summed E-state index contributed by atoms with van der Waals surface area (Å²) in [6, 6.07) is 25.3. The second-order valence-corrected chi connectivity index (χ2v) is 8.26.